The fraction of sp³-hybridized carbons (Fsp3) is 0.0500. The van der Waals surface area contributed by atoms with E-state index in [4.69, 9.17) is 4.74 Å². The number of alkyl halides is 3. The third kappa shape index (κ3) is 4.53. The summed E-state index contributed by atoms with van der Waals surface area (Å²) < 4.78 is 98.5. The van der Waals surface area contributed by atoms with Gasteiger partial charge in [-0.2, -0.15) is 13.2 Å². The lowest BCUT2D eigenvalue weighted by atomic mass is 10.1. The van der Waals surface area contributed by atoms with Crippen molar-refractivity contribution in [2.45, 2.75) is 6.18 Å². The third-order valence-electron chi connectivity index (χ3n) is 3.84. The number of ether oxygens (including phenoxy) is 1. The number of hydrogen-bond donors (Lipinski definition) is 1. The van der Waals surface area contributed by atoms with Gasteiger partial charge in [0.2, 0.25) is 0 Å². The van der Waals surface area contributed by atoms with Gasteiger partial charge in [0.15, 0.2) is 11.6 Å². The molecule has 1 N–H and O–H groups in total. The van der Waals surface area contributed by atoms with Gasteiger partial charge in [-0.3, -0.25) is 4.79 Å². The smallest absolute Gasteiger partial charge is 0.419 e. The topological polar surface area (TPSA) is 38.3 Å². The Balaban J connectivity index is 1.83. The fourth-order valence-electron chi connectivity index (χ4n) is 2.52. The quantitative estimate of drug-likeness (QED) is 0.494. The zero-order chi connectivity index (χ0) is 22.1. The minimum absolute atomic E-state index is 0.267. The molecule has 3 nitrogen and oxygen atoms in total. The molecule has 0 aromatic heterocycles. The SMILES string of the molecule is O=C(Nc1ccc(Oc2ccccc2C(F)(F)F)c(F)c1)c1c(F)cc(F)cc1F. The van der Waals surface area contributed by atoms with Crippen LogP contribution in [0.2, 0.25) is 0 Å². The number of rotatable bonds is 4. The van der Waals surface area contributed by atoms with Gasteiger partial charge >= 0.3 is 6.18 Å². The average Bonchev–Trinajstić information content (AvgIpc) is 2.62. The highest BCUT2D eigenvalue weighted by atomic mass is 19.4. The summed E-state index contributed by atoms with van der Waals surface area (Å²) in [4.78, 5) is 12.0. The number of amides is 1. The molecule has 0 saturated heterocycles. The van der Waals surface area contributed by atoms with E-state index in [1.165, 1.54) is 6.07 Å². The van der Waals surface area contributed by atoms with Crippen LogP contribution in [-0.2, 0) is 6.18 Å². The number of anilines is 1. The Morgan fingerprint density at radius 2 is 1.43 bits per heavy atom. The maximum absolute atomic E-state index is 14.3. The molecule has 3 rings (SSSR count). The molecule has 0 aliphatic heterocycles. The van der Waals surface area contributed by atoms with Crippen LogP contribution in [-0.4, -0.2) is 5.91 Å². The average molecular weight is 429 g/mol. The first-order chi connectivity index (χ1) is 14.1. The van der Waals surface area contributed by atoms with Crippen LogP contribution in [0.3, 0.4) is 0 Å². The number of carbonyl (C=O) groups excluding carboxylic acids is 1. The maximum atomic E-state index is 14.3. The second kappa shape index (κ2) is 8.05. The summed E-state index contributed by atoms with van der Waals surface area (Å²) in [6, 6.07) is 7.41. The largest absolute Gasteiger partial charge is 0.454 e. The van der Waals surface area contributed by atoms with Crippen LogP contribution in [0.4, 0.5) is 36.4 Å². The summed E-state index contributed by atoms with van der Waals surface area (Å²) in [6.45, 7) is 0. The van der Waals surface area contributed by atoms with Gasteiger partial charge in [-0.05, 0) is 24.3 Å². The maximum Gasteiger partial charge on any atom is 0.419 e. The predicted molar refractivity (Wildman–Crippen MR) is 92.2 cm³/mol. The summed E-state index contributed by atoms with van der Waals surface area (Å²) in [5.41, 5.74) is -2.47. The summed E-state index contributed by atoms with van der Waals surface area (Å²) in [5, 5.41) is 2.01. The molecular formula is C20H10F7NO2. The molecule has 3 aromatic rings. The molecule has 1 amide bonds. The lowest BCUT2D eigenvalue weighted by molar-refractivity contribution is -0.138. The van der Waals surface area contributed by atoms with Crippen molar-refractivity contribution >= 4 is 11.6 Å². The molecule has 0 atom stereocenters. The van der Waals surface area contributed by atoms with Crippen molar-refractivity contribution < 1.29 is 40.3 Å². The van der Waals surface area contributed by atoms with Crippen LogP contribution in [0, 0.1) is 23.3 Å². The molecular weight excluding hydrogens is 419 g/mol. The molecule has 0 unspecified atom stereocenters. The summed E-state index contributed by atoms with van der Waals surface area (Å²) in [5.74, 6) is -7.85. The molecule has 0 heterocycles. The molecule has 0 aliphatic carbocycles. The highest BCUT2D eigenvalue weighted by Gasteiger charge is 2.34. The molecule has 0 saturated carbocycles. The van der Waals surface area contributed by atoms with Gasteiger partial charge in [0.25, 0.3) is 5.91 Å². The lowest BCUT2D eigenvalue weighted by Crippen LogP contribution is -2.16. The van der Waals surface area contributed by atoms with E-state index in [-0.39, 0.29) is 5.69 Å². The number of halogens is 7. The molecule has 3 aromatic carbocycles. The third-order valence-corrected chi connectivity index (χ3v) is 3.84. The Bertz CT molecular complexity index is 1090. The van der Waals surface area contributed by atoms with Gasteiger partial charge < -0.3 is 10.1 Å². The second-order valence-electron chi connectivity index (χ2n) is 5.94. The number of nitrogens with one attached hydrogen (secondary N) is 1. The molecule has 156 valence electrons. The van der Waals surface area contributed by atoms with E-state index in [0.29, 0.717) is 18.2 Å². The van der Waals surface area contributed by atoms with Gasteiger partial charge in [0.1, 0.15) is 28.8 Å². The van der Waals surface area contributed by atoms with E-state index in [9.17, 15) is 35.5 Å². The van der Waals surface area contributed by atoms with E-state index in [1.54, 1.807) is 0 Å². The Morgan fingerprint density at radius 3 is 2.03 bits per heavy atom. The summed E-state index contributed by atoms with van der Waals surface area (Å²) in [6.07, 6.45) is -4.73. The first kappa shape index (κ1) is 21.2. The lowest BCUT2D eigenvalue weighted by Gasteiger charge is -2.14. The molecule has 0 bridgehead atoms. The molecule has 0 fully saturated rings. The van der Waals surface area contributed by atoms with Crippen molar-refractivity contribution in [2.24, 2.45) is 0 Å². The van der Waals surface area contributed by atoms with Crippen LogP contribution in [0.15, 0.2) is 54.6 Å². The first-order valence-corrected chi connectivity index (χ1v) is 8.16. The van der Waals surface area contributed by atoms with Crippen LogP contribution in [0.5, 0.6) is 11.5 Å². The van der Waals surface area contributed by atoms with Crippen molar-refractivity contribution in [3.8, 4) is 11.5 Å². The Morgan fingerprint density at radius 1 is 0.800 bits per heavy atom. The number of carbonyl (C=O) groups is 1. The standard InChI is InChI=1S/C20H10F7NO2/c21-10-7-14(23)18(15(24)8-10)19(29)28-11-5-6-17(13(22)9-11)30-16-4-2-1-3-12(16)20(25,26)27/h1-9H,(H,28,29). The van der Waals surface area contributed by atoms with Gasteiger partial charge in [0.05, 0.1) is 5.56 Å². The van der Waals surface area contributed by atoms with E-state index >= 15 is 0 Å². The Labute approximate surface area is 164 Å². The zero-order valence-corrected chi connectivity index (χ0v) is 14.7. The van der Waals surface area contributed by atoms with E-state index in [2.05, 4.69) is 0 Å². The Kier molecular flexibility index (Phi) is 5.68. The minimum Gasteiger partial charge on any atom is -0.454 e. The highest BCUT2D eigenvalue weighted by molar-refractivity contribution is 6.04. The monoisotopic (exact) mass is 429 g/mol. The van der Waals surface area contributed by atoms with E-state index in [1.807, 2.05) is 5.32 Å². The molecule has 0 spiro atoms. The number of para-hydroxylation sites is 1. The van der Waals surface area contributed by atoms with Crippen molar-refractivity contribution in [2.75, 3.05) is 5.32 Å². The summed E-state index contributed by atoms with van der Waals surface area (Å²) in [7, 11) is 0. The molecule has 10 heteroatoms. The highest BCUT2D eigenvalue weighted by Crippen LogP contribution is 2.38. The Hall–Kier alpha value is -3.56. The second-order valence-corrected chi connectivity index (χ2v) is 5.94. The van der Waals surface area contributed by atoms with Crippen molar-refractivity contribution in [1.82, 2.24) is 0 Å². The van der Waals surface area contributed by atoms with Crippen LogP contribution < -0.4 is 10.1 Å². The van der Waals surface area contributed by atoms with Crippen molar-refractivity contribution in [1.29, 1.82) is 0 Å². The van der Waals surface area contributed by atoms with Crippen molar-refractivity contribution in [3.05, 3.63) is 89.0 Å². The first-order valence-electron chi connectivity index (χ1n) is 8.16. The number of hydrogen-bond acceptors (Lipinski definition) is 2. The molecule has 0 aliphatic rings. The minimum atomic E-state index is -4.73. The van der Waals surface area contributed by atoms with E-state index in [0.717, 1.165) is 30.3 Å². The van der Waals surface area contributed by atoms with Crippen molar-refractivity contribution in [3.63, 3.8) is 0 Å². The molecule has 30 heavy (non-hydrogen) atoms. The van der Waals surface area contributed by atoms with Gasteiger partial charge in [-0.25, -0.2) is 17.6 Å². The molecule has 0 radical (unpaired) electrons. The van der Waals surface area contributed by atoms with Crippen LogP contribution in [0.25, 0.3) is 0 Å². The van der Waals surface area contributed by atoms with E-state index < -0.39 is 58.0 Å². The van der Waals surface area contributed by atoms with Gasteiger partial charge in [0, 0.05) is 23.9 Å². The van der Waals surface area contributed by atoms with Gasteiger partial charge in [-0.1, -0.05) is 12.1 Å². The normalized spacial score (nSPS) is 11.3. The van der Waals surface area contributed by atoms with Crippen LogP contribution in [0.1, 0.15) is 15.9 Å². The van der Waals surface area contributed by atoms with Gasteiger partial charge in [-0.15, -0.1) is 0 Å². The summed E-state index contributed by atoms with van der Waals surface area (Å²) >= 11 is 0. The number of benzene rings is 3. The fourth-order valence-corrected chi connectivity index (χ4v) is 2.52. The van der Waals surface area contributed by atoms with Crippen LogP contribution >= 0.6 is 0 Å². The zero-order valence-electron chi connectivity index (χ0n) is 14.7. The predicted octanol–water partition coefficient (Wildman–Crippen LogP) is 6.31.